The highest BCUT2D eigenvalue weighted by Crippen LogP contribution is 2.38. The predicted molar refractivity (Wildman–Crippen MR) is 82.5 cm³/mol. The summed E-state index contributed by atoms with van der Waals surface area (Å²) >= 11 is 0. The van der Waals surface area contributed by atoms with E-state index in [0.717, 1.165) is 12.0 Å². The van der Waals surface area contributed by atoms with Gasteiger partial charge in [0.2, 0.25) is 0 Å². The maximum atomic E-state index is 11.9. The van der Waals surface area contributed by atoms with Gasteiger partial charge in [0.25, 0.3) is 0 Å². The third kappa shape index (κ3) is 2.09. The molecule has 1 aromatic heterocycles. The molecule has 1 aliphatic carbocycles. The van der Waals surface area contributed by atoms with Crippen LogP contribution in [-0.4, -0.2) is 15.6 Å². The molecule has 0 atom stereocenters. The van der Waals surface area contributed by atoms with Crippen LogP contribution in [0.25, 0.3) is 11.1 Å². The fourth-order valence-corrected chi connectivity index (χ4v) is 2.94. The Morgan fingerprint density at radius 3 is 2.86 bits per heavy atom. The van der Waals surface area contributed by atoms with Crippen molar-refractivity contribution >= 4 is 6.09 Å². The summed E-state index contributed by atoms with van der Waals surface area (Å²) < 4.78 is 6.71. The van der Waals surface area contributed by atoms with Gasteiger partial charge in [-0.25, -0.2) is 14.3 Å². The van der Waals surface area contributed by atoms with E-state index in [1.807, 2.05) is 12.1 Å². The number of aromatic nitrogens is 2. The number of fused-ring (bicyclic) bond motifs is 3. The van der Waals surface area contributed by atoms with Gasteiger partial charge < -0.3 is 4.74 Å². The van der Waals surface area contributed by atoms with Crippen LogP contribution in [0.5, 0.6) is 0 Å². The van der Waals surface area contributed by atoms with Crippen molar-refractivity contribution in [1.82, 2.24) is 9.55 Å². The third-order valence-electron chi connectivity index (χ3n) is 4.01. The predicted octanol–water partition coefficient (Wildman–Crippen LogP) is 3.64. The Kier molecular flexibility index (Phi) is 3.00. The number of hydrogen-bond acceptors (Lipinski definition) is 3. The minimum absolute atomic E-state index is 0.272. The van der Waals surface area contributed by atoms with Gasteiger partial charge in [0.05, 0.1) is 0 Å². The van der Waals surface area contributed by atoms with E-state index in [4.69, 9.17) is 4.74 Å². The second-order valence-electron chi connectivity index (χ2n) is 5.30. The van der Waals surface area contributed by atoms with E-state index in [1.54, 1.807) is 12.4 Å². The Morgan fingerprint density at radius 2 is 2.00 bits per heavy atom. The van der Waals surface area contributed by atoms with Crippen molar-refractivity contribution in [1.29, 1.82) is 0 Å². The normalized spacial score (nSPS) is 11.8. The van der Waals surface area contributed by atoms with Crippen molar-refractivity contribution < 1.29 is 9.53 Å². The van der Waals surface area contributed by atoms with E-state index in [9.17, 15) is 4.79 Å². The van der Waals surface area contributed by atoms with E-state index in [1.165, 1.54) is 33.1 Å². The average molecular weight is 290 g/mol. The lowest BCUT2D eigenvalue weighted by Gasteiger charge is -2.09. The zero-order chi connectivity index (χ0) is 14.9. The minimum atomic E-state index is -0.411. The highest BCUT2D eigenvalue weighted by Gasteiger charge is 2.20. The summed E-state index contributed by atoms with van der Waals surface area (Å²) in [6, 6.07) is 14.6. The van der Waals surface area contributed by atoms with Crippen LogP contribution in [0.1, 0.15) is 16.7 Å². The first-order valence-electron chi connectivity index (χ1n) is 7.17. The summed E-state index contributed by atoms with van der Waals surface area (Å²) in [6.45, 7) is 0.272. The molecular weight excluding hydrogens is 276 g/mol. The van der Waals surface area contributed by atoms with E-state index < -0.39 is 6.09 Å². The van der Waals surface area contributed by atoms with E-state index in [2.05, 4.69) is 35.3 Å². The number of carbonyl (C=O) groups is 1. The monoisotopic (exact) mass is 290 g/mol. The second-order valence-corrected chi connectivity index (χ2v) is 5.30. The molecule has 0 amide bonds. The third-order valence-corrected chi connectivity index (χ3v) is 4.01. The second kappa shape index (κ2) is 5.15. The SMILES string of the molecule is O=C(OCc1cccc2c1Cc1ccccc1-2)n1ccnc1. The van der Waals surface area contributed by atoms with Crippen molar-refractivity contribution in [3.8, 4) is 11.1 Å². The topological polar surface area (TPSA) is 44.1 Å². The number of ether oxygens (including phenoxy) is 1. The van der Waals surface area contributed by atoms with E-state index >= 15 is 0 Å². The van der Waals surface area contributed by atoms with Crippen molar-refractivity contribution in [2.75, 3.05) is 0 Å². The summed E-state index contributed by atoms with van der Waals surface area (Å²) in [7, 11) is 0. The fourth-order valence-electron chi connectivity index (χ4n) is 2.94. The van der Waals surface area contributed by atoms with Crippen molar-refractivity contribution in [3.63, 3.8) is 0 Å². The van der Waals surface area contributed by atoms with Crippen LogP contribution in [-0.2, 0) is 17.8 Å². The molecule has 4 heteroatoms. The highest BCUT2D eigenvalue weighted by molar-refractivity contribution is 5.78. The van der Waals surface area contributed by atoms with Gasteiger partial charge in [-0.2, -0.15) is 0 Å². The Hall–Kier alpha value is -2.88. The van der Waals surface area contributed by atoms with Gasteiger partial charge in [-0.05, 0) is 34.2 Å². The van der Waals surface area contributed by atoms with Crippen LogP contribution in [0.15, 0.2) is 61.2 Å². The molecule has 0 radical (unpaired) electrons. The molecular formula is C18H14N2O2. The summed E-state index contributed by atoms with van der Waals surface area (Å²) in [5.74, 6) is 0. The molecule has 0 saturated heterocycles. The zero-order valence-corrected chi connectivity index (χ0v) is 11.9. The number of imidazole rings is 1. The fraction of sp³-hybridized carbons (Fsp3) is 0.111. The molecule has 0 aliphatic heterocycles. The maximum Gasteiger partial charge on any atom is 0.419 e. The highest BCUT2D eigenvalue weighted by atomic mass is 16.5. The molecule has 0 fully saturated rings. The lowest BCUT2D eigenvalue weighted by molar-refractivity contribution is 0.141. The minimum Gasteiger partial charge on any atom is -0.444 e. The van der Waals surface area contributed by atoms with Crippen LogP contribution >= 0.6 is 0 Å². The molecule has 0 bridgehead atoms. The van der Waals surface area contributed by atoms with Crippen molar-refractivity contribution in [2.24, 2.45) is 0 Å². The standard InChI is InChI=1S/C18H14N2O2/c21-18(20-9-8-19-12-20)22-11-14-5-3-7-16-15-6-2-1-4-13(15)10-17(14)16/h1-9,12H,10-11H2. The number of nitrogens with zero attached hydrogens (tertiary/aromatic N) is 2. The largest absolute Gasteiger partial charge is 0.444 e. The zero-order valence-electron chi connectivity index (χ0n) is 11.9. The Bertz CT molecular complexity index is 838. The molecule has 22 heavy (non-hydrogen) atoms. The lowest BCUT2D eigenvalue weighted by Crippen LogP contribution is -2.12. The number of carbonyl (C=O) groups excluding carboxylic acids is 1. The first kappa shape index (κ1) is 12.8. The van der Waals surface area contributed by atoms with Crippen LogP contribution in [0.3, 0.4) is 0 Å². The van der Waals surface area contributed by atoms with Crippen molar-refractivity contribution in [2.45, 2.75) is 13.0 Å². The van der Waals surface area contributed by atoms with Gasteiger partial charge in [0, 0.05) is 12.4 Å². The summed E-state index contributed by atoms with van der Waals surface area (Å²) in [4.78, 5) is 15.7. The molecule has 108 valence electrons. The molecule has 0 spiro atoms. The summed E-state index contributed by atoms with van der Waals surface area (Å²) in [5.41, 5.74) is 6.15. The van der Waals surface area contributed by atoms with Gasteiger partial charge in [-0.1, -0.05) is 42.5 Å². The molecule has 0 N–H and O–H groups in total. The average Bonchev–Trinajstić information content (AvgIpc) is 3.20. The lowest BCUT2D eigenvalue weighted by atomic mass is 10.0. The number of rotatable bonds is 2. The first-order valence-corrected chi connectivity index (χ1v) is 7.17. The van der Waals surface area contributed by atoms with E-state index in [-0.39, 0.29) is 6.61 Å². The van der Waals surface area contributed by atoms with Crippen LogP contribution in [0.4, 0.5) is 4.79 Å². The van der Waals surface area contributed by atoms with Crippen LogP contribution in [0.2, 0.25) is 0 Å². The van der Waals surface area contributed by atoms with Crippen molar-refractivity contribution in [3.05, 3.63) is 77.9 Å². The Labute approximate surface area is 128 Å². The van der Waals surface area contributed by atoms with E-state index in [0.29, 0.717) is 0 Å². The smallest absolute Gasteiger partial charge is 0.419 e. The first-order chi connectivity index (χ1) is 10.8. The maximum absolute atomic E-state index is 11.9. The summed E-state index contributed by atoms with van der Waals surface area (Å²) in [6.07, 6.45) is 5.05. The van der Waals surface area contributed by atoms with Gasteiger partial charge in [-0.3, -0.25) is 0 Å². The number of benzene rings is 2. The molecule has 4 rings (SSSR count). The van der Waals surface area contributed by atoms with Crippen LogP contribution in [0, 0.1) is 0 Å². The quantitative estimate of drug-likeness (QED) is 0.566. The van der Waals surface area contributed by atoms with Gasteiger partial charge in [-0.15, -0.1) is 0 Å². The van der Waals surface area contributed by atoms with Gasteiger partial charge in [0.1, 0.15) is 12.9 Å². The molecule has 0 saturated carbocycles. The van der Waals surface area contributed by atoms with Gasteiger partial charge in [0.15, 0.2) is 0 Å². The molecule has 2 aromatic carbocycles. The molecule has 1 aliphatic rings. The molecule has 3 aromatic rings. The molecule has 4 nitrogen and oxygen atoms in total. The Morgan fingerprint density at radius 1 is 1.14 bits per heavy atom. The summed E-state index contributed by atoms with van der Waals surface area (Å²) in [5, 5.41) is 0. The number of hydrogen-bond donors (Lipinski definition) is 0. The molecule has 0 unspecified atom stereocenters. The van der Waals surface area contributed by atoms with Gasteiger partial charge >= 0.3 is 6.09 Å². The Balaban J connectivity index is 1.59. The molecule has 1 heterocycles. The van der Waals surface area contributed by atoms with Crippen LogP contribution < -0.4 is 0 Å².